The molecule has 1 saturated heterocycles. The third kappa shape index (κ3) is 3.11. The smallest absolute Gasteiger partial charge is 0.183 e. The fraction of sp³-hybridized carbons (Fsp3) is 0.615. The molecule has 1 aromatic rings. The number of nitrogens with zero attached hydrogens (tertiary/aromatic N) is 2. The lowest BCUT2D eigenvalue weighted by Crippen LogP contribution is -2.28. The van der Waals surface area contributed by atoms with E-state index in [1.54, 1.807) is 20.4 Å². The van der Waals surface area contributed by atoms with Crippen molar-refractivity contribution < 1.29 is 9.47 Å². The highest BCUT2D eigenvalue weighted by Crippen LogP contribution is 2.29. The third-order valence-corrected chi connectivity index (χ3v) is 3.17. The van der Waals surface area contributed by atoms with Crippen molar-refractivity contribution in [1.29, 1.82) is 0 Å². The van der Waals surface area contributed by atoms with E-state index in [0.29, 0.717) is 0 Å². The Hall–Kier alpha value is -1.33. The average molecular weight is 251 g/mol. The molecule has 0 atom stereocenters. The minimum absolute atomic E-state index is 0.746. The van der Waals surface area contributed by atoms with Gasteiger partial charge in [0.15, 0.2) is 11.5 Å². The zero-order chi connectivity index (χ0) is 12.8. The molecular weight excluding hydrogens is 230 g/mol. The summed E-state index contributed by atoms with van der Waals surface area (Å²) in [5, 5.41) is 3.40. The van der Waals surface area contributed by atoms with Crippen LogP contribution in [0.4, 0.5) is 0 Å². The second-order valence-corrected chi connectivity index (χ2v) is 4.37. The van der Waals surface area contributed by atoms with Crippen LogP contribution >= 0.6 is 0 Å². The molecule has 1 N–H and O–H groups in total. The zero-order valence-corrected chi connectivity index (χ0v) is 11.1. The van der Waals surface area contributed by atoms with Crippen molar-refractivity contribution in [3.8, 4) is 11.5 Å². The monoisotopic (exact) mass is 251 g/mol. The molecule has 0 radical (unpaired) electrons. The Balaban J connectivity index is 2.12. The molecule has 0 amide bonds. The Morgan fingerprint density at radius 2 is 2.17 bits per heavy atom. The van der Waals surface area contributed by atoms with Gasteiger partial charge >= 0.3 is 0 Å². The van der Waals surface area contributed by atoms with Crippen LogP contribution in [0, 0.1) is 0 Å². The summed E-state index contributed by atoms with van der Waals surface area (Å²) in [6.07, 6.45) is 2.94. The molecule has 5 heteroatoms. The van der Waals surface area contributed by atoms with E-state index in [9.17, 15) is 0 Å². The second-order valence-electron chi connectivity index (χ2n) is 4.37. The molecule has 2 rings (SSSR count). The van der Waals surface area contributed by atoms with Gasteiger partial charge in [-0.1, -0.05) is 0 Å². The van der Waals surface area contributed by atoms with E-state index in [1.807, 2.05) is 6.07 Å². The van der Waals surface area contributed by atoms with Crippen LogP contribution in [-0.4, -0.2) is 50.3 Å². The molecule has 0 saturated carbocycles. The maximum atomic E-state index is 5.41. The standard InChI is InChI=1S/C13H21N3O2/c1-17-12-4-6-15-11(13(12)18-2)10-16-8-3-5-14-7-9-16/h4,6,14H,3,5,7-10H2,1-2H3. The van der Waals surface area contributed by atoms with Gasteiger partial charge in [-0.05, 0) is 19.5 Å². The molecule has 0 aliphatic carbocycles. The second kappa shape index (κ2) is 6.56. The van der Waals surface area contributed by atoms with E-state index < -0.39 is 0 Å². The van der Waals surface area contributed by atoms with Gasteiger partial charge in [0.05, 0.1) is 14.2 Å². The fourth-order valence-electron chi connectivity index (χ4n) is 2.23. The van der Waals surface area contributed by atoms with E-state index >= 15 is 0 Å². The van der Waals surface area contributed by atoms with Gasteiger partial charge in [0.2, 0.25) is 0 Å². The number of pyridine rings is 1. The van der Waals surface area contributed by atoms with Crippen LogP contribution in [0.3, 0.4) is 0 Å². The molecule has 1 fully saturated rings. The normalized spacial score (nSPS) is 17.2. The minimum atomic E-state index is 0.746. The highest BCUT2D eigenvalue weighted by molar-refractivity contribution is 5.42. The van der Waals surface area contributed by atoms with Crippen LogP contribution in [-0.2, 0) is 6.54 Å². The lowest BCUT2D eigenvalue weighted by molar-refractivity contribution is 0.271. The quantitative estimate of drug-likeness (QED) is 0.861. The van der Waals surface area contributed by atoms with Gasteiger partial charge in [-0.2, -0.15) is 0 Å². The van der Waals surface area contributed by atoms with Crippen LogP contribution in [0.1, 0.15) is 12.1 Å². The topological polar surface area (TPSA) is 46.6 Å². The fourth-order valence-corrected chi connectivity index (χ4v) is 2.23. The molecule has 0 aromatic carbocycles. The number of hydrogen-bond donors (Lipinski definition) is 1. The Labute approximate surface area is 108 Å². The lowest BCUT2D eigenvalue weighted by atomic mass is 10.2. The number of methoxy groups -OCH3 is 2. The Morgan fingerprint density at radius 1 is 1.28 bits per heavy atom. The van der Waals surface area contributed by atoms with Crippen LogP contribution in [0.15, 0.2) is 12.3 Å². The zero-order valence-electron chi connectivity index (χ0n) is 11.1. The van der Waals surface area contributed by atoms with Crippen LogP contribution in [0.2, 0.25) is 0 Å². The molecule has 0 spiro atoms. The third-order valence-electron chi connectivity index (χ3n) is 3.17. The Bertz CT molecular complexity index is 376. The Kier molecular flexibility index (Phi) is 4.78. The molecule has 0 unspecified atom stereocenters. The van der Waals surface area contributed by atoms with Gasteiger partial charge in [-0.25, -0.2) is 0 Å². The first-order valence-electron chi connectivity index (χ1n) is 6.34. The molecular formula is C13H21N3O2. The number of nitrogens with one attached hydrogen (secondary N) is 1. The summed E-state index contributed by atoms with van der Waals surface area (Å²) in [7, 11) is 3.31. The van der Waals surface area contributed by atoms with Crippen molar-refractivity contribution in [1.82, 2.24) is 15.2 Å². The van der Waals surface area contributed by atoms with E-state index in [2.05, 4.69) is 15.2 Å². The first kappa shape index (κ1) is 13.1. The molecule has 5 nitrogen and oxygen atoms in total. The summed E-state index contributed by atoms with van der Waals surface area (Å²) >= 11 is 0. The van der Waals surface area contributed by atoms with Crippen LogP contribution in [0.25, 0.3) is 0 Å². The van der Waals surface area contributed by atoms with E-state index in [1.165, 1.54) is 6.42 Å². The summed E-state index contributed by atoms with van der Waals surface area (Å²) < 4.78 is 10.7. The highest BCUT2D eigenvalue weighted by Gasteiger charge is 2.15. The molecule has 0 bridgehead atoms. The van der Waals surface area contributed by atoms with Crippen LogP contribution < -0.4 is 14.8 Å². The maximum absolute atomic E-state index is 5.41. The van der Waals surface area contributed by atoms with Gasteiger partial charge in [0, 0.05) is 31.9 Å². The van der Waals surface area contributed by atoms with Crippen LogP contribution in [0.5, 0.6) is 11.5 Å². The SMILES string of the molecule is COc1ccnc(CN2CCCNCC2)c1OC. The molecule has 2 heterocycles. The van der Waals surface area contributed by atoms with Crippen molar-refractivity contribution in [2.24, 2.45) is 0 Å². The average Bonchev–Trinajstić information content (AvgIpc) is 2.67. The molecule has 1 aliphatic heterocycles. The van der Waals surface area contributed by atoms with Crippen molar-refractivity contribution in [2.45, 2.75) is 13.0 Å². The summed E-state index contributed by atoms with van der Waals surface area (Å²) in [6, 6.07) is 1.83. The first-order valence-corrected chi connectivity index (χ1v) is 6.34. The lowest BCUT2D eigenvalue weighted by Gasteiger charge is -2.20. The number of hydrogen-bond acceptors (Lipinski definition) is 5. The van der Waals surface area contributed by atoms with Crippen molar-refractivity contribution in [2.75, 3.05) is 40.4 Å². The van der Waals surface area contributed by atoms with E-state index in [-0.39, 0.29) is 0 Å². The molecule has 18 heavy (non-hydrogen) atoms. The van der Waals surface area contributed by atoms with Crippen molar-refractivity contribution >= 4 is 0 Å². The van der Waals surface area contributed by atoms with E-state index in [0.717, 1.165) is 49.9 Å². The predicted octanol–water partition coefficient (Wildman–Crippen LogP) is 0.894. The minimum Gasteiger partial charge on any atom is -0.493 e. The van der Waals surface area contributed by atoms with Gasteiger partial charge in [0.25, 0.3) is 0 Å². The molecule has 100 valence electrons. The van der Waals surface area contributed by atoms with E-state index in [4.69, 9.17) is 9.47 Å². The first-order chi connectivity index (χ1) is 8.85. The summed E-state index contributed by atoms with van der Waals surface area (Å²) in [4.78, 5) is 6.81. The van der Waals surface area contributed by atoms with Crippen molar-refractivity contribution in [3.63, 3.8) is 0 Å². The summed E-state index contributed by atoms with van der Waals surface area (Å²) in [5.74, 6) is 1.49. The largest absolute Gasteiger partial charge is 0.493 e. The van der Waals surface area contributed by atoms with Gasteiger partial charge in [-0.15, -0.1) is 0 Å². The van der Waals surface area contributed by atoms with Crippen molar-refractivity contribution in [3.05, 3.63) is 18.0 Å². The Morgan fingerprint density at radius 3 is 2.94 bits per heavy atom. The molecule has 1 aromatic heterocycles. The summed E-state index contributed by atoms with van der Waals surface area (Å²) in [5.41, 5.74) is 0.943. The number of ether oxygens (including phenoxy) is 2. The predicted molar refractivity (Wildman–Crippen MR) is 70.1 cm³/mol. The molecule has 1 aliphatic rings. The maximum Gasteiger partial charge on any atom is 0.183 e. The summed E-state index contributed by atoms with van der Waals surface area (Å²) in [6.45, 7) is 5.07. The van der Waals surface area contributed by atoms with Gasteiger partial charge < -0.3 is 14.8 Å². The number of rotatable bonds is 4. The highest BCUT2D eigenvalue weighted by atomic mass is 16.5. The number of aromatic nitrogens is 1. The van der Waals surface area contributed by atoms with Gasteiger partial charge in [0.1, 0.15) is 5.69 Å². The van der Waals surface area contributed by atoms with Gasteiger partial charge in [-0.3, -0.25) is 9.88 Å².